The Labute approximate surface area is 98.4 Å². The second-order valence-corrected chi connectivity index (χ2v) is 5.93. The van der Waals surface area contributed by atoms with Crippen LogP contribution in [0.1, 0.15) is 57.8 Å². The van der Waals surface area contributed by atoms with Crippen LogP contribution in [0.25, 0.3) is 0 Å². The molecule has 16 heavy (non-hydrogen) atoms. The predicted molar refractivity (Wildman–Crippen MR) is 64.3 cm³/mol. The van der Waals surface area contributed by atoms with Crippen LogP contribution in [0.2, 0.25) is 0 Å². The van der Waals surface area contributed by atoms with E-state index in [1.807, 2.05) is 0 Å². The molecule has 1 heterocycles. The van der Waals surface area contributed by atoms with E-state index in [-0.39, 0.29) is 0 Å². The van der Waals surface area contributed by atoms with Crippen LogP contribution in [0.15, 0.2) is 0 Å². The highest BCUT2D eigenvalue weighted by molar-refractivity contribution is 5.81. The minimum atomic E-state index is 0.503. The van der Waals surface area contributed by atoms with E-state index in [1.54, 1.807) is 0 Å². The molecule has 2 saturated carbocycles. The average molecular weight is 221 g/mol. The number of hydrogen-bond donors (Lipinski definition) is 0. The highest BCUT2D eigenvalue weighted by Crippen LogP contribution is 2.38. The van der Waals surface area contributed by atoms with E-state index >= 15 is 0 Å². The lowest BCUT2D eigenvalue weighted by molar-refractivity contribution is -0.117. The summed E-state index contributed by atoms with van der Waals surface area (Å²) in [6.45, 7) is 1.26. The zero-order valence-electron chi connectivity index (χ0n) is 10.2. The summed E-state index contributed by atoms with van der Waals surface area (Å²) in [5.74, 6) is 1.46. The molecular formula is C14H23NO. The number of fused-ring (bicyclic) bond motifs is 1. The summed E-state index contributed by atoms with van der Waals surface area (Å²) in [4.78, 5) is 14.1. The molecule has 2 heteroatoms. The monoisotopic (exact) mass is 221 g/mol. The maximum Gasteiger partial charge on any atom is 0.134 e. The summed E-state index contributed by atoms with van der Waals surface area (Å²) in [5.41, 5.74) is 0. The Hall–Kier alpha value is -0.370. The topological polar surface area (TPSA) is 20.3 Å². The molecule has 0 N–H and O–H groups in total. The summed E-state index contributed by atoms with van der Waals surface area (Å²) < 4.78 is 0. The largest absolute Gasteiger partial charge is 0.300 e. The van der Waals surface area contributed by atoms with Crippen molar-refractivity contribution in [3.63, 3.8) is 0 Å². The second kappa shape index (κ2) is 4.48. The normalized spacial score (nSPS) is 41.0. The Morgan fingerprint density at radius 2 is 1.81 bits per heavy atom. The Balaban J connectivity index is 1.70. The van der Waals surface area contributed by atoms with Crippen molar-refractivity contribution in [1.29, 1.82) is 0 Å². The van der Waals surface area contributed by atoms with Crippen LogP contribution in [0.4, 0.5) is 0 Å². The number of rotatable bonds is 1. The maximum absolute atomic E-state index is 11.4. The molecule has 3 aliphatic rings. The summed E-state index contributed by atoms with van der Waals surface area (Å²) >= 11 is 0. The quantitative estimate of drug-likeness (QED) is 0.678. The van der Waals surface area contributed by atoms with Crippen molar-refractivity contribution < 1.29 is 4.79 Å². The van der Waals surface area contributed by atoms with Crippen LogP contribution in [-0.4, -0.2) is 29.3 Å². The number of ketones is 1. The van der Waals surface area contributed by atoms with Gasteiger partial charge < -0.3 is 0 Å². The van der Waals surface area contributed by atoms with Crippen LogP contribution >= 0.6 is 0 Å². The minimum absolute atomic E-state index is 0.503. The van der Waals surface area contributed by atoms with Crippen molar-refractivity contribution in [2.45, 2.75) is 69.9 Å². The number of carbonyl (C=O) groups is 1. The van der Waals surface area contributed by atoms with E-state index in [2.05, 4.69) is 4.90 Å². The van der Waals surface area contributed by atoms with E-state index in [9.17, 15) is 4.79 Å². The third-order valence-electron chi connectivity index (χ3n) is 4.97. The summed E-state index contributed by atoms with van der Waals surface area (Å²) in [5, 5.41) is 0. The van der Waals surface area contributed by atoms with Gasteiger partial charge in [-0.25, -0.2) is 0 Å². The highest BCUT2D eigenvalue weighted by atomic mass is 16.1. The lowest BCUT2D eigenvalue weighted by Gasteiger charge is -2.46. The lowest BCUT2D eigenvalue weighted by atomic mass is 9.77. The summed E-state index contributed by atoms with van der Waals surface area (Å²) in [7, 11) is 0. The number of piperidine rings is 1. The van der Waals surface area contributed by atoms with Crippen molar-refractivity contribution in [3.05, 3.63) is 0 Å². The standard InChI is InChI=1S/C14H23NO/c16-13-8-7-12(10-13)15-9-3-5-11-4-1-2-6-14(11)15/h11-12,14H,1-10H2/t11-,12?,14-/m1/s1. The van der Waals surface area contributed by atoms with Crippen LogP contribution in [-0.2, 0) is 4.79 Å². The van der Waals surface area contributed by atoms with E-state index in [0.717, 1.165) is 31.2 Å². The van der Waals surface area contributed by atoms with Gasteiger partial charge in [0.2, 0.25) is 0 Å². The van der Waals surface area contributed by atoms with Gasteiger partial charge in [0, 0.05) is 24.9 Å². The third kappa shape index (κ3) is 1.92. The van der Waals surface area contributed by atoms with E-state index < -0.39 is 0 Å². The van der Waals surface area contributed by atoms with Crippen molar-refractivity contribution in [2.24, 2.45) is 5.92 Å². The van der Waals surface area contributed by atoms with Gasteiger partial charge in [-0.15, -0.1) is 0 Å². The first-order chi connectivity index (χ1) is 7.84. The molecule has 90 valence electrons. The van der Waals surface area contributed by atoms with E-state index in [4.69, 9.17) is 0 Å². The van der Waals surface area contributed by atoms with Crippen molar-refractivity contribution in [3.8, 4) is 0 Å². The minimum Gasteiger partial charge on any atom is -0.300 e. The molecule has 1 aliphatic heterocycles. The Morgan fingerprint density at radius 1 is 1.00 bits per heavy atom. The molecule has 1 saturated heterocycles. The van der Waals surface area contributed by atoms with Crippen molar-refractivity contribution >= 4 is 5.78 Å². The van der Waals surface area contributed by atoms with Gasteiger partial charge in [-0.1, -0.05) is 12.8 Å². The molecule has 1 unspecified atom stereocenters. The smallest absolute Gasteiger partial charge is 0.134 e. The van der Waals surface area contributed by atoms with Gasteiger partial charge in [-0.2, -0.15) is 0 Å². The molecule has 0 radical (unpaired) electrons. The van der Waals surface area contributed by atoms with Crippen LogP contribution in [0, 0.1) is 5.92 Å². The number of carbonyl (C=O) groups excluding carboxylic acids is 1. The van der Waals surface area contributed by atoms with Crippen LogP contribution in [0.3, 0.4) is 0 Å². The first-order valence-corrected chi connectivity index (χ1v) is 7.12. The fourth-order valence-electron chi connectivity index (χ4n) is 4.19. The number of Topliss-reactive ketones (excluding diaryl/α,β-unsaturated/α-hetero) is 1. The second-order valence-electron chi connectivity index (χ2n) is 5.93. The zero-order valence-corrected chi connectivity index (χ0v) is 10.2. The van der Waals surface area contributed by atoms with Gasteiger partial charge in [-0.05, 0) is 44.6 Å². The van der Waals surface area contributed by atoms with E-state index in [1.165, 1.54) is 45.1 Å². The fraction of sp³-hybridized carbons (Fsp3) is 0.929. The van der Waals surface area contributed by atoms with Gasteiger partial charge in [-0.3, -0.25) is 9.69 Å². The van der Waals surface area contributed by atoms with Crippen molar-refractivity contribution in [2.75, 3.05) is 6.54 Å². The van der Waals surface area contributed by atoms with Crippen molar-refractivity contribution in [1.82, 2.24) is 4.90 Å². The van der Waals surface area contributed by atoms with E-state index in [0.29, 0.717) is 11.8 Å². The SMILES string of the molecule is O=C1CCC(N2CCC[C@H]3CCCC[C@H]32)C1. The van der Waals surface area contributed by atoms with Gasteiger partial charge in [0.1, 0.15) is 5.78 Å². The Morgan fingerprint density at radius 3 is 2.62 bits per heavy atom. The number of likely N-dealkylation sites (tertiary alicyclic amines) is 1. The third-order valence-corrected chi connectivity index (χ3v) is 4.97. The Bertz CT molecular complexity index is 274. The molecule has 0 aromatic rings. The van der Waals surface area contributed by atoms with Gasteiger partial charge in [0.15, 0.2) is 0 Å². The van der Waals surface area contributed by atoms with Crippen LogP contribution < -0.4 is 0 Å². The Kier molecular flexibility index (Phi) is 3.01. The van der Waals surface area contributed by atoms with Gasteiger partial charge in [0.25, 0.3) is 0 Å². The fourth-order valence-corrected chi connectivity index (χ4v) is 4.19. The molecule has 3 fully saturated rings. The predicted octanol–water partition coefficient (Wildman–Crippen LogP) is 2.76. The molecule has 2 nitrogen and oxygen atoms in total. The zero-order chi connectivity index (χ0) is 11.0. The first-order valence-electron chi connectivity index (χ1n) is 7.12. The molecule has 0 aromatic carbocycles. The molecule has 3 rings (SSSR count). The first kappa shape index (κ1) is 10.8. The molecule has 0 aromatic heterocycles. The lowest BCUT2D eigenvalue weighted by Crippen LogP contribution is -2.50. The number of nitrogens with zero attached hydrogens (tertiary/aromatic N) is 1. The molecule has 3 atom stereocenters. The summed E-state index contributed by atoms with van der Waals surface area (Å²) in [6.07, 6.45) is 11.4. The summed E-state index contributed by atoms with van der Waals surface area (Å²) in [6, 6.07) is 1.44. The molecule has 2 aliphatic carbocycles. The van der Waals surface area contributed by atoms with Gasteiger partial charge in [0.05, 0.1) is 0 Å². The molecule has 0 spiro atoms. The molecule has 0 bridgehead atoms. The number of hydrogen-bond acceptors (Lipinski definition) is 2. The average Bonchev–Trinajstić information content (AvgIpc) is 2.75. The molecule has 0 amide bonds. The molecular weight excluding hydrogens is 198 g/mol. The maximum atomic E-state index is 11.4. The van der Waals surface area contributed by atoms with Crippen LogP contribution in [0.5, 0.6) is 0 Å². The highest BCUT2D eigenvalue weighted by Gasteiger charge is 2.38. The van der Waals surface area contributed by atoms with Gasteiger partial charge >= 0.3 is 0 Å².